The lowest BCUT2D eigenvalue weighted by Crippen LogP contribution is -2.32. The molecule has 1 aromatic carbocycles. The maximum atomic E-state index is 12.1. The number of nitro groups is 1. The van der Waals surface area contributed by atoms with E-state index in [2.05, 4.69) is 21.5 Å². The smallest absolute Gasteiger partial charge is 0.414 e. The fraction of sp³-hybridized carbons (Fsp3) is 0.308. The van der Waals surface area contributed by atoms with Crippen molar-refractivity contribution in [3.8, 4) is 0 Å². The molecule has 0 N–H and O–H groups in total. The zero-order valence-corrected chi connectivity index (χ0v) is 11.9. The highest BCUT2D eigenvalue weighted by atomic mass is 16.6. The van der Waals surface area contributed by atoms with E-state index < -0.39 is 11.0 Å². The van der Waals surface area contributed by atoms with Crippen molar-refractivity contribution < 1.29 is 19.1 Å². The third-order valence-electron chi connectivity index (χ3n) is 2.85. The van der Waals surface area contributed by atoms with Crippen molar-refractivity contribution in [3.63, 3.8) is 0 Å². The first-order valence-electron chi connectivity index (χ1n) is 6.55. The van der Waals surface area contributed by atoms with Crippen LogP contribution in [0.2, 0.25) is 0 Å². The summed E-state index contributed by atoms with van der Waals surface area (Å²) >= 11 is 0. The number of fused-ring (bicyclic) bond motifs is 1. The van der Waals surface area contributed by atoms with Gasteiger partial charge in [0.15, 0.2) is 5.52 Å². The lowest BCUT2D eigenvalue weighted by molar-refractivity contribution is -0.383. The summed E-state index contributed by atoms with van der Waals surface area (Å²) in [6.07, 6.45) is 1.51. The normalized spacial score (nSPS) is 10.4. The molecule has 0 fully saturated rings. The first-order chi connectivity index (χ1) is 10.6. The molecule has 0 saturated heterocycles. The first-order valence-corrected chi connectivity index (χ1v) is 6.55. The second-order valence-corrected chi connectivity index (χ2v) is 4.34. The van der Waals surface area contributed by atoms with E-state index in [1.54, 1.807) is 0 Å². The Kier molecular flexibility index (Phi) is 4.66. The number of ether oxygens (including phenoxy) is 1. The van der Waals surface area contributed by atoms with Crippen LogP contribution < -0.4 is 4.90 Å². The van der Waals surface area contributed by atoms with Crippen LogP contribution in [0.3, 0.4) is 0 Å². The summed E-state index contributed by atoms with van der Waals surface area (Å²) < 4.78 is 9.61. The Bertz CT molecular complexity index is 712. The molecule has 0 spiro atoms. The van der Waals surface area contributed by atoms with Crippen LogP contribution in [0.15, 0.2) is 29.4 Å². The monoisotopic (exact) mass is 306 g/mol. The van der Waals surface area contributed by atoms with Gasteiger partial charge >= 0.3 is 11.8 Å². The molecule has 9 heteroatoms. The number of carbonyl (C=O) groups is 1. The fourth-order valence-corrected chi connectivity index (χ4v) is 1.95. The minimum Gasteiger partial charge on any atom is -0.445 e. The van der Waals surface area contributed by atoms with Crippen LogP contribution in [0.4, 0.5) is 16.2 Å². The summed E-state index contributed by atoms with van der Waals surface area (Å²) in [7, 11) is 0. The van der Waals surface area contributed by atoms with Gasteiger partial charge in [-0.25, -0.2) is 9.42 Å². The Balaban J connectivity index is 2.48. The fourth-order valence-electron chi connectivity index (χ4n) is 1.95. The molecule has 2 rings (SSSR count). The average molecular weight is 306 g/mol. The lowest BCUT2D eigenvalue weighted by atomic mass is 10.2. The highest BCUT2D eigenvalue weighted by Gasteiger charge is 2.25. The molecule has 22 heavy (non-hydrogen) atoms. The predicted molar refractivity (Wildman–Crippen MR) is 77.6 cm³/mol. The highest BCUT2D eigenvalue weighted by Crippen LogP contribution is 2.31. The summed E-state index contributed by atoms with van der Waals surface area (Å²) in [6.45, 7) is 5.78. The summed E-state index contributed by atoms with van der Waals surface area (Å²) in [6, 6.07) is 2.68. The number of hydrogen-bond acceptors (Lipinski definition) is 7. The molecular weight excluding hydrogens is 292 g/mol. The summed E-state index contributed by atoms with van der Waals surface area (Å²) in [4.78, 5) is 23.8. The molecular formula is C13H14N4O5. The van der Waals surface area contributed by atoms with Gasteiger partial charge in [0.1, 0.15) is 6.61 Å². The van der Waals surface area contributed by atoms with E-state index in [4.69, 9.17) is 4.74 Å². The molecule has 1 heterocycles. The maximum absolute atomic E-state index is 12.1. The van der Waals surface area contributed by atoms with Gasteiger partial charge in [0.25, 0.3) is 0 Å². The van der Waals surface area contributed by atoms with E-state index in [1.807, 2.05) is 6.92 Å². The number of hydrogen-bond donors (Lipinski definition) is 0. The highest BCUT2D eigenvalue weighted by molar-refractivity contribution is 6.00. The van der Waals surface area contributed by atoms with Gasteiger partial charge in [-0.05, 0) is 22.8 Å². The molecule has 2 aromatic rings. The Morgan fingerprint density at radius 1 is 1.50 bits per heavy atom. The second kappa shape index (κ2) is 6.66. The van der Waals surface area contributed by atoms with Crippen molar-refractivity contribution in [2.75, 3.05) is 18.1 Å². The topological polar surface area (TPSA) is 112 Å². The molecule has 0 atom stereocenters. The third kappa shape index (κ3) is 2.87. The minimum atomic E-state index is -0.597. The molecule has 0 bridgehead atoms. The quantitative estimate of drug-likeness (QED) is 0.458. The van der Waals surface area contributed by atoms with Crippen molar-refractivity contribution >= 4 is 28.5 Å². The van der Waals surface area contributed by atoms with E-state index >= 15 is 0 Å². The van der Waals surface area contributed by atoms with Crippen LogP contribution in [0, 0.1) is 10.1 Å². The molecule has 116 valence electrons. The number of amides is 1. The van der Waals surface area contributed by atoms with Crippen LogP contribution in [0.1, 0.15) is 13.3 Å². The van der Waals surface area contributed by atoms with Gasteiger partial charge in [-0.1, -0.05) is 19.6 Å². The summed E-state index contributed by atoms with van der Waals surface area (Å²) in [5.41, 5.74) is 0.229. The van der Waals surface area contributed by atoms with E-state index in [0.29, 0.717) is 18.7 Å². The Morgan fingerprint density at radius 3 is 2.86 bits per heavy atom. The Morgan fingerprint density at radius 2 is 2.23 bits per heavy atom. The molecule has 0 unspecified atom stereocenters. The van der Waals surface area contributed by atoms with Gasteiger partial charge in [-0.2, -0.15) is 0 Å². The molecule has 0 aliphatic rings. The summed E-state index contributed by atoms with van der Waals surface area (Å²) in [5, 5.41) is 18.2. The maximum Gasteiger partial charge on any atom is 0.414 e. The van der Waals surface area contributed by atoms with Crippen molar-refractivity contribution in [1.29, 1.82) is 0 Å². The SMILES string of the molecule is C=CCOC(=O)N(CCC)c1ccc([N+](=O)[O-])c2nonc12. The first kappa shape index (κ1) is 15.4. The van der Waals surface area contributed by atoms with Crippen LogP contribution in [0.25, 0.3) is 11.0 Å². The van der Waals surface area contributed by atoms with Crippen LogP contribution in [-0.2, 0) is 4.74 Å². The van der Waals surface area contributed by atoms with E-state index in [9.17, 15) is 14.9 Å². The molecule has 0 saturated carbocycles. The lowest BCUT2D eigenvalue weighted by Gasteiger charge is -2.21. The molecule has 1 aromatic heterocycles. The molecule has 0 aliphatic heterocycles. The zero-order chi connectivity index (χ0) is 16.1. The van der Waals surface area contributed by atoms with Gasteiger partial charge in [0.2, 0.25) is 5.52 Å². The number of nitro benzene ring substituents is 1. The zero-order valence-electron chi connectivity index (χ0n) is 11.9. The molecule has 9 nitrogen and oxygen atoms in total. The molecule has 1 amide bonds. The van der Waals surface area contributed by atoms with Gasteiger partial charge in [-0.15, -0.1) is 0 Å². The number of aromatic nitrogens is 2. The minimum absolute atomic E-state index is 0.0138. The number of carbonyl (C=O) groups excluding carboxylic acids is 1. The largest absolute Gasteiger partial charge is 0.445 e. The standard InChI is InChI=1S/C13H14N4O5/c1-3-7-16(13(18)21-8-4-2)9-5-6-10(17(19)20)12-11(9)14-22-15-12/h4-6H,2-3,7-8H2,1H3. The molecule has 0 aliphatic carbocycles. The van der Waals surface area contributed by atoms with Gasteiger partial charge in [0.05, 0.1) is 10.6 Å². The summed E-state index contributed by atoms with van der Waals surface area (Å²) in [5.74, 6) is 0. The van der Waals surface area contributed by atoms with Crippen molar-refractivity contribution in [3.05, 3.63) is 34.9 Å². The Labute approximate surface area is 125 Å². The number of nitrogens with zero attached hydrogens (tertiary/aromatic N) is 4. The number of rotatable bonds is 6. The van der Waals surface area contributed by atoms with Crippen molar-refractivity contribution in [1.82, 2.24) is 10.3 Å². The van der Waals surface area contributed by atoms with Gasteiger partial charge in [0, 0.05) is 12.6 Å². The Hall–Kier alpha value is -2.97. The molecule has 0 radical (unpaired) electrons. The average Bonchev–Trinajstić information content (AvgIpc) is 2.98. The van der Waals surface area contributed by atoms with E-state index in [-0.39, 0.29) is 23.3 Å². The van der Waals surface area contributed by atoms with Crippen LogP contribution in [-0.4, -0.2) is 34.5 Å². The third-order valence-corrected chi connectivity index (χ3v) is 2.85. The number of anilines is 1. The number of non-ortho nitro benzene ring substituents is 1. The second-order valence-electron chi connectivity index (χ2n) is 4.34. The van der Waals surface area contributed by atoms with Crippen molar-refractivity contribution in [2.45, 2.75) is 13.3 Å². The van der Waals surface area contributed by atoms with Crippen LogP contribution in [0.5, 0.6) is 0 Å². The van der Waals surface area contributed by atoms with Gasteiger partial charge < -0.3 is 4.74 Å². The van der Waals surface area contributed by atoms with Gasteiger partial charge in [-0.3, -0.25) is 15.0 Å². The predicted octanol–water partition coefficient (Wildman–Crippen LogP) is 2.67. The van der Waals surface area contributed by atoms with E-state index in [1.165, 1.54) is 23.1 Å². The van der Waals surface area contributed by atoms with E-state index in [0.717, 1.165) is 0 Å². The van der Waals surface area contributed by atoms with Crippen LogP contribution >= 0.6 is 0 Å². The van der Waals surface area contributed by atoms with Crippen molar-refractivity contribution in [2.24, 2.45) is 0 Å². The number of benzene rings is 1.